The zero-order valence-corrected chi connectivity index (χ0v) is 50.2. The van der Waals surface area contributed by atoms with E-state index >= 15 is 0 Å². The quantitative estimate of drug-likeness (QED) is 0.0261. The summed E-state index contributed by atoms with van der Waals surface area (Å²) in [6.45, 7) is 6.49. The van der Waals surface area contributed by atoms with Crippen LogP contribution in [0, 0.1) is 0 Å². The van der Waals surface area contributed by atoms with Crippen LogP contribution in [0.5, 0.6) is 0 Å². The number of hydrogen-bond donors (Lipinski definition) is 0. The van der Waals surface area contributed by atoms with Crippen molar-refractivity contribution in [2.45, 2.75) is 297 Å². The Kier molecular flexibility index (Phi) is 60.8. The summed E-state index contributed by atoms with van der Waals surface area (Å²) in [5.74, 6) is -0.920. The van der Waals surface area contributed by atoms with E-state index in [1.807, 2.05) is 0 Å². The third-order valence-corrected chi connectivity index (χ3v) is 13.4. The molecule has 0 aliphatic heterocycles. The molecule has 6 heteroatoms. The fourth-order valence-electron chi connectivity index (χ4n) is 8.62. The van der Waals surface area contributed by atoms with Crippen molar-refractivity contribution in [2.75, 3.05) is 13.2 Å². The molecule has 0 aliphatic rings. The SMILES string of the molecule is CC/C=C\C/C=C\C/C=C\C/C=C\C/C=C\C/C=C\C/C=C\C/C=C\CCCCCCCCC(=O)OCC(COC(=O)CCCCCCC/C=C\CCCCCC)OC(=O)CCCCCCC/C=C\CCCCCCCC. The molecule has 0 heterocycles. The van der Waals surface area contributed by atoms with Gasteiger partial charge < -0.3 is 14.2 Å². The van der Waals surface area contributed by atoms with E-state index in [2.05, 4.69) is 142 Å². The van der Waals surface area contributed by atoms with Gasteiger partial charge in [-0.1, -0.05) is 258 Å². The standard InChI is InChI=1S/C71H118O6/c1-4-7-10-13-16-19-22-25-27-28-29-30-31-32-33-34-35-36-37-38-39-40-41-42-44-46-49-52-55-58-61-64-70(73)76-67-68(66-75-69(72)63-60-57-54-51-48-45-24-21-18-15-12-9-6-3)77-71(74)65-62-59-56-53-50-47-43-26-23-20-17-14-11-8-5-2/h7,10,16,19,21,24-27,29-30,32-33,35-36,38-39,41-43,68H,4-6,8-9,11-15,17-18,20,22-23,28,31,34,37,40,44-67H2,1-3H3/b10-7-,19-16-,24-21-,27-25-,30-29-,33-32-,36-35-,39-38-,42-41-,43-26-. The summed E-state index contributed by atoms with van der Waals surface area (Å²) < 4.78 is 16.9. The highest BCUT2D eigenvalue weighted by molar-refractivity contribution is 5.71. The Hall–Kier alpha value is -4.19. The third-order valence-electron chi connectivity index (χ3n) is 13.4. The van der Waals surface area contributed by atoms with Crippen LogP contribution >= 0.6 is 0 Å². The number of hydrogen-bond acceptors (Lipinski definition) is 6. The topological polar surface area (TPSA) is 78.9 Å². The number of allylic oxidation sites excluding steroid dienone is 20. The molecule has 1 unspecified atom stereocenters. The lowest BCUT2D eigenvalue weighted by atomic mass is 10.1. The van der Waals surface area contributed by atoms with Crippen LogP contribution in [-0.4, -0.2) is 37.2 Å². The second-order valence-corrected chi connectivity index (χ2v) is 20.9. The number of unbranched alkanes of at least 4 members (excludes halogenated alkanes) is 26. The Balaban J connectivity index is 4.33. The van der Waals surface area contributed by atoms with Crippen molar-refractivity contribution >= 4 is 17.9 Å². The number of esters is 3. The molecule has 438 valence electrons. The average molecular weight is 1070 g/mol. The molecule has 0 aromatic carbocycles. The highest BCUT2D eigenvalue weighted by Gasteiger charge is 2.19. The summed E-state index contributed by atoms with van der Waals surface area (Å²) >= 11 is 0. The summed E-state index contributed by atoms with van der Waals surface area (Å²) in [7, 11) is 0. The van der Waals surface area contributed by atoms with Gasteiger partial charge in [0.15, 0.2) is 6.10 Å². The summed E-state index contributed by atoms with van der Waals surface area (Å²) in [5.41, 5.74) is 0. The monoisotopic (exact) mass is 1070 g/mol. The Labute approximate surface area is 475 Å². The number of carbonyl (C=O) groups excluding carboxylic acids is 3. The maximum absolute atomic E-state index is 12.9. The lowest BCUT2D eigenvalue weighted by Gasteiger charge is -2.18. The van der Waals surface area contributed by atoms with Gasteiger partial charge in [0, 0.05) is 19.3 Å². The Bertz CT molecular complexity index is 1600. The Morgan fingerprint density at radius 2 is 0.506 bits per heavy atom. The van der Waals surface area contributed by atoms with Gasteiger partial charge in [-0.2, -0.15) is 0 Å². The van der Waals surface area contributed by atoms with Gasteiger partial charge in [0.2, 0.25) is 0 Å². The smallest absolute Gasteiger partial charge is 0.306 e. The van der Waals surface area contributed by atoms with Crippen molar-refractivity contribution in [3.63, 3.8) is 0 Å². The molecular formula is C71H118O6. The van der Waals surface area contributed by atoms with E-state index in [1.54, 1.807) is 0 Å². The van der Waals surface area contributed by atoms with Crippen LogP contribution in [0.4, 0.5) is 0 Å². The van der Waals surface area contributed by atoms with E-state index in [-0.39, 0.29) is 31.1 Å². The molecule has 6 nitrogen and oxygen atoms in total. The van der Waals surface area contributed by atoms with E-state index in [0.717, 1.165) is 141 Å². The van der Waals surface area contributed by atoms with Gasteiger partial charge in [0.05, 0.1) is 0 Å². The number of ether oxygens (including phenoxy) is 3. The molecule has 0 saturated heterocycles. The van der Waals surface area contributed by atoms with Crippen LogP contribution in [0.3, 0.4) is 0 Å². The molecule has 0 radical (unpaired) electrons. The van der Waals surface area contributed by atoms with Gasteiger partial charge in [0.25, 0.3) is 0 Å². The van der Waals surface area contributed by atoms with Gasteiger partial charge in [0.1, 0.15) is 13.2 Å². The van der Waals surface area contributed by atoms with Gasteiger partial charge in [-0.25, -0.2) is 0 Å². The lowest BCUT2D eigenvalue weighted by Crippen LogP contribution is -2.30. The van der Waals surface area contributed by atoms with Crippen LogP contribution in [0.25, 0.3) is 0 Å². The summed E-state index contributed by atoms with van der Waals surface area (Å²) in [6.07, 6.45) is 89.1. The normalized spacial score (nSPS) is 12.9. The van der Waals surface area contributed by atoms with E-state index < -0.39 is 6.10 Å². The van der Waals surface area contributed by atoms with Crippen molar-refractivity contribution in [1.29, 1.82) is 0 Å². The molecule has 0 amide bonds. The number of rotatable bonds is 57. The van der Waals surface area contributed by atoms with Crippen LogP contribution in [0.1, 0.15) is 290 Å². The number of carbonyl (C=O) groups is 3. The van der Waals surface area contributed by atoms with Crippen molar-refractivity contribution in [2.24, 2.45) is 0 Å². The molecule has 0 aromatic heterocycles. The molecule has 0 rings (SSSR count). The highest BCUT2D eigenvalue weighted by atomic mass is 16.6. The minimum Gasteiger partial charge on any atom is -0.462 e. The first-order valence-corrected chi connectivity index (χ1v) is 32.0. The molecule has 0 aromatic rings. The van der Waals surface area contributed by atoms with Gasteiger partial charge in [-0.3, -0.25) is 14.4 Å². The Morgan fingerprint density at radius 3 is 0.818 bits per heavy atom. The summed E-state index contributed by atoms with van der Waals surface area (Å²) in [6, 6.07) is 0. The average Bonchev–Trinajstić information content (AvgIpc) is 3.43. The molecule has 0 aliphatic carbocycles. The molecule has 0 N–H and O–H groups in total. The molecule has 77 heavy (non-hydrogen) atoms. The first-order valence-electron chi connectivity index (χ1n) is 32.0. The maximum Gasteiger partial charge on any atom is 0.306 e. The van der Waals surface area contributed by atoms with Crippen LogP contribution in [0.2, 0.25) is 0 Å². The minimum atomic E-state index is -0.795. The molecule has 0 saturated carbocycles. The van der Waals surface area contributed by atoms with Gasteiger partial charge >= 0.3 is 17.9 Å². The van der Waals surface area contributed by atoms with E-state index in [9.17, 15) is 14.4 Å². The largest absolute Gasteiger partial charge is 0.462 e. The lowest BCUT2D eigenvalue weighted by molar-refractivity contribution is -0.167. The highest BCUT2D eigenvalue weighted by Crippen LogP contribution is 2.15. The minimum absolute atomic E-state index is 0.0913. The van der Waals surface area contributed by atoms with Crippen molar-refractivity contribution in [3.8, 4) is 0 Å². The molecule has 1 atom stereocenters. The summed E-state index contributed by atoms with van der Waals surface area (Å²) in [4.78, 5) is 38.2. The fraction of sp³-hybridized carbons (Fsp3) is 0.676. The first kappa shape index (κ1) is 72.8. The molecule has 0 spiro atoms. The Morgan fingerprint density at radius 1 is 0.273 bits per heavy atom. The summed E-state index contributed by atoms with van der Waals surface area (Å²) in [5, 5.41) is 0. The second-order valence-electron chi connectivity index (χ2n) is 20.9. The first-order chi connectivity index (χ1) is 38.0. The molecule has 0 fully saturated rings. The van der Waals surface area contributed by atoms with E-state index in [1.165, 1.54) is 109 Å². The van der Waals surface area contributed by atoms with E-state index in [0.29, 0.717) is 19.3 Å². The van der Waals surface area contributed by atoms with Crippen LogP contribution < -0.4 is 0 Å². The van der Waals surface area contributed by atoms with Crippen molar-refractivity contribution in [3.05, 3.63) is 122 Å². The predicted molar refractivity (Wildman–Crippen MR) is 334 cm³/mol. The third kappa shape index (κ3) is 62.5. The zero-order valence-electron chi connectivity index (χ0n) is 50.2. The van der Waals surface area contributed by atoms with Gasteiger partial charge in [-0.15, -0.1) is 0 Å². The van der Waals surface area contributed by atoms with Crippen LogP contribution in [-0.2, 0) is 28.6 Å². The second kappa shape index (κ2) is 64.3. The van der Waals surface area contributed by atoms with Crippen molar-refractivity contribution in [1.82, 2.24) is 0 Å². The van der Waals surface area contributed by atoms with Crippen LogP contribution in [0.15, 0.2) is 122 Å². The fourth-order valence-corrected chi connectivity index (χ4v) is 8.62. The zero-order chi connectivity index (χ0) is 55.7. The maximum atomic E-state index is 12.9. The van der Waals surface area contributed by atoms with Crippen molar-refractivity contribution < 1.29 is 28.6 Å². The van der Waals surface area contributed by atoms with E-state index in [4.69, 9.17) is 14.2 Å². The van der Waals surface area contributed by atoms with Gasteiger partial charge in [-0.05, 0) is 135 Å². The predicted octanol–water partition coefficient (Wildman–Crippen LogP) is 22.0. The molecule has 0 bridgehead atoms. The molecular weight excluding hydrogens is 949 g/mol.